The number of fused-ring (bicyclic) bond motifs is 1. The van der Waals surface area contributed by atoms with Gasteiger partial charge in [0, 0.05) is 10.3 Å². The van der Waals surface area contributed by atoms with Crippen LogP contribution in [-0.2, 0) is 0 Å². The summed E-state index contributed by atoms with van der Waals surface area (Å²) in [6, 6.07) is 6.39. The Morgan fingerprint density at radius 2 is 2.09 bits per heavy atom. The molecule has 0 aliphatic carbocycles. The van der Waals surface area contributed by atoms with Gasteiger partial charge in [0.05, 0.1) is 5.52 Å². The number of hydrogen-bond donors (Lipinski definition) is 0. The molecule has 0 N–H and O–H groups in total. The van der Waals surface area contributed by atoms with Crippen molar-refractivity contribution in [3.05, 3.63) is 28.6 Å². The summed E-state index contributed by atoms with van der Waals surface area (Å²) in [5.41, 5.74) is 2.41. The monoisotopic (exact) mass is 163 g/mol. The third kappa shape index (κ3) is 1.03. The van der Waals surface area contributed by atoms with Gasteiger partial charge in [-0.3, -0.25) is 0 Å². The number of benzene rings is 1. The normalized spacial score (nSPS) is 10.7. The van der Waals surface area contributed by atoms with Crippen LogP contribution in [-0.4, -0.2) is 4.37 Å². The molecule has 0 bridgehead atoms. The number of aromatic nitrogens is 1. The molecule has 1 aromatic carbocycles. The second kappa shape index (κ2) is 2.31. The molecule has 2 aromatic rings. The minimum absolute atomic E-state index is 1.13. The maximum Gasteiger partial charge on any atom is 0.0846 e. The van der Waals surface area contributed by atoms with Crippen LogP contribution in [0.5, 0.6) is 0 Å². The van der Waals surface area contributed by atoms with Crippen LogP contribution < -0.4 is 0 Å². The van der Waals surface area contributed by atoms with Crippen molar-refractivity contribution < 1.29 is 0 Å². The Bertz CT molecular complexity index is 389. The number of nitrogens with zero attached hydrogens (tertiary/aromatic N) is 1. The highest BCUT2D eigenvalue weighted by Crippen LogP contribution is 2.21. The van der Waals surface area contributed by atoms with Gasteiger partial charge in [-0.05, 0) is 37.0 Å². The van der Waals surface area contributed by atoms with Crippen LogP contribution in [0.25, 0.3) is 10.9 Å². The van der Waals surface area contributed by atoms with Gasteiger partial charge in [-0.15, -0.1) is 0 Å². The SMILES string of the molecule is Cc1ccc2c(C)snc2c1. The van der Waals surface area contributed by atoms with E-state index in [2.05, 4.69) is 36.4 Å². The number of hydrogen-bond acceptors (Lipinski definition) is 2. The van der Waals surface area contributed by atoms with E-state index >= 15 is 0 Å². The average molecular weight is 163 g/mol. The third-order valence-electron chi connectivity index (χ3n) is 1.81. The van der Waals surface area contributed by atoms with Gasteiger partial charge in [-0.1, -0.05) is 12.1 Å². The van der Waals surface area contributed by atoms with Crippen LogP contribution in [0, 0.1) is 13.8 Å². The second-order valence-corrected chi connectivity index (χ2v) is 3.74. The molecule has 0 saturated carbocycles. The van der Waals surface area contributed by atoms with Crippen molar-refractivity contribution >= 4 is 22.4 Å². The summed E-state index contributed by atoms with van der Waals surface area (Å²) in [5, 5.41) is 1.29. The minimum Gasteiger partial charge on any atom is -0.192 e. The summed E-state index contributed by atoms with van der Waals surface area (Å²) < 4.78 is 4.32. The van der Waals surface area contributed by atoms with E-state index in [0.717, 1.165) is 5.52 Å². The Labute approximate surface area is 69.8 Å². The molecule has 0 atom stereocenters. The quantitative estimate of drug-likeness (QED) is 0.582. The first-order valence-corrected chi connectivity index (χ1v) is 4.37. The van der Waals surface area contributed by atoms with E-state index in [1.54, 1.807) is 11.5 Å². The van der Waals surface area contributed by atoms with Gasteiger partial charge in [0.15, 0.2) is 0 Å². The second-order valence-electron chi connectivity index (χ2n) is 2.76. The lowest BCUT2D eigenvalue weighted by molar-refractivity contribution is 1.49. The van der Waals surface area contributed by atoms with Crippen LogP contribution in [0.2, 0.25) is 0 Å². The van der Waals surface area contributed by atoms with Gasteiger partial charge in [-0.2, -0.15) is 4.37 Å². The summed E-state index contributed by atoms with van der Waals surface area (Å²) in [5.74, 6) is 0. The Morgan fingerprint density at radius 3 is 2.91 bits per heavy atom. The van der Waals surface area contributed by atoms with E-state index in [9.17, 15) is 0 Å². The molecule has 1 nitrogen and oxygen atoms in total. The molecule has 11 heavy (non-hydrogen) atoms. The Morgan fingerprint density at radius 1 is 1.27 bits per heavy atom. The topological polar surface area (TPSA) is 12.9 Å². The molecule has 0 unspecified atom stereocenters. The maximum atomic E-state index is 4.32. The van der Waals surface area contributed by atoms with Gasteiger partial charge in [-0.25, -0.2) is 0 Å². The van der Waals surface area contributed by atoms with Gasteiger partial charge < -0.3 is 0 Å². The summed E-state index contributed by atoms with van der Waals surface area (Å²) in [6.45, 7) is 4.20. The standard InChI is InChI=1S/C9H9NS/c1-6-3-4-8-7(2)11-10-9(8)5-6/h3-5H,1-2H3. The van der Waals surface area contributed by atoms with E-state index in [0.29, 0.717) is 0 Å². The first-order valence-electron chi connectivity index (χ1n) is 3.60. The van der Waals surface area contributed by atoms with Crippen molar-refractivity contribution in [3.63, 3.8) is 0 Å². The van der Waals surface area contributed by atoms with Crippen LogP contribution in [0.15, 0.2) is 18.2 Å². The van der Waals surface area contributed by atoms with Crippen LogP contribution in [0.4, 0.5) is 0 Å². The molecular formula is C9H9NS. The van der Waals surface area contributed by atoms with Gasteiger partial charge in [0.25, 0.3) is 0 Å². The van der Waals surface area contributed by atoms with Gasteiger partial charge >= 0.3 is 0 Å². The molecule has 0 aliphatic heterocycles. The van der Waals surface area contributed by atoms with E-state index in [1.807, 2.05) is 0 Å². The largest absolute Gasteiger partial charge is 0.192 e. The van der Waals surface area contributed by atoms with E-state index < -0.39 is 0 Å². The first kappa shape index (κ1) is 6.80. The Hall–Kier alpha value is -0.890. The fraction of sp³-hybridized carbons (Fsp3) is 0.222. The van der Waals surface area contributed by atoms with Gasteiger partial charge in [0.1, 0.15) is 0 Å². The number of aryl methyl sites for hydroxylation is 2. The predicted molar refractivity (Wildman–Crippen MR) is 49.1 cm³/mol. The highest BCUT2D eigenvalue weighted by atomic mass is 32.1. The molecule has 0 fully saturated rings. The lowest BCUT2D eigenvalue weighted by Crippen LogP contribution is -1.71. The average Bonchev–Trinajstić information content (AvgIpc) is 2.32. The van der Waals surface area contributed by atoms with Crippen molar-refractivity contribution in [1.82, 2.24) is 4.37 Å². The van der Waals surface area contributed by atoms with Crippen molar-refractivity contribution in [1.29, 1.82) is 0 Å². The summed E-state index contributed by atoms with van der Waals surface area (Å²) in [7, 11) is 0. The zero-order chi connectivity index (χ0) is 7.84. The molecule has 1 aromatic heterocycles. The van der Waals surface area contributed by atoms with Crippen molar-refractivity contribution in [3.8, 4) is 0 Å². The van der Waals surface area contributed by atoms with E-state index in [-0.39, 0.29) is 0 Å². The third-order valence-corrected chi connectivity index (χ3v) is 2.60. The molecule has 2 rings (SSSR count). The van der Waals surface area contributed by atoms with E-state index in [4.69, 9.17) is 0 Å². The molecule has 0 amide bonds. The maximum absolute atomic E-state index is 4.32. The van der Waals surface area contributed by atoms with Gasteiger partial charge in [0.2, 0.25) is 0 Å². The summed E-state index contributed by atoms with van der Waals surface area (Å²) >= 11 is 1.58. The lowest BCUT2D eigenvalue weighted by atomic mass is 10.2. The Kier molecular flexibility index (Phi) is 1.43. The van der Waals surface area contributed by atoms with E-state index in [1.165, 1.54) is 15.8 Å². The van der Waals surface area contributed by atoms with Crippen molar-refractivity contribution in [2.45, 2.75) is 13.8 Å². The summed E-state index contributed by atoms with van der Waals surface area (Å²) in [6.07, 6.45) is 0. The van der Waals surface area contributed by atoms with Crippen LogP contribution >= 0.6 is 11.5 Å². The molecule has 1 heterocycles. The fourth-order valence-electron chi connectivity index (χ4n) is 1.18. The smallest absolute Gasteiger partial charge is 0.0846 e. The molecular weight excluding hydrogens is 154 g/mol. The highest BCUT2D eigenvalue weighted by Gasteiger charge is 1.99. The molecule has 0 aliphatic rings. The fourth-order valence-corrected chi connectivity index (χ4v) is 1.84. The molecule has 0 spiro atoms. The van der Waals surface area contributed by atoms with Crippen molar-refractivity contribution in [2.24, 2.45) is 0 Å². The zero-order valence-corrected chi connectivity index (χ0v) is 7.40. The minimum atomic E-state index is 1.13. The predicted octanol–water partition coefficient (Wildman–Crippen LogP) is 2.91. The van der Waals surface area contributed by atoms with Crippen LogP contribution in [0.1, 0.15) is 10.4 Å². The highest BCUT2D eigenvalue weighted by molar-refractivity contribution is 7.07. The molecule has 56 valence electrons. The first-order chi connectivity index (χ1) is 5.27. The molecule has 2 heteroatoms. The molecule has 0 radical (unpaired) electrons. The summed E-state index contributed by atoms with van der Waals surface area (Å²) in [4.78, 5) is 1.31. The molecule has 0 saturated heterocycles. The zero-order valence-electron chi connectivity index (χ0n) is 6.59. The van der Waals surface area contributed by atoms with Crippen LogP contribution in [0.3, 0.4) is 0 Å². The lowest BCUT2D eigenvalue weighted by Gasteiger charge is -1.90. The number of rotatable bonds is 0. The Balaban J connectivity index is 2.86. The van der Waals surface area contributed by atoms with Crippen molar-refractivity contribution in [2.75, 3.05) is 0 Å².